The Morgan fingerprint density at radius 3 is 2.69 bits per heavy atom. The van der Waals surface area contributed by atoms with Crippen LogP contribution in [0.1, 0.15) is 0 Å². The Balaban J connectivity index is 2.92. The summed E-state index contributed by atoms with van der Waals surface area (Å²) >= 11 is 5.49. The van der Waals surface area contributed by atoms with Crippen molar-refractivity contribution in [1.82, 2.24) is 0 Å². The average Bonchev–Trinajstić information content (AvgIpc) is 2.09. The van der Waals surface area contributed by atoms with Crippen molar-refractivity contribution in [3.8, 4) is 5.75 Å². The van der Waals surface area contributed by atoms with E-state index in [-0.39, 0.29) is 23.9 Å². The lowest BCUT2D eigenvalue weighted by molar-refractivity contribution is 0.324. The second-order valence-corrected chi connectivity index (χ2v) is 2.71. The summed E-state index contributed by atoms with van der Waals surface area (Å²) in [4.78, 5) is 0. The Hall–Kier alpha value is -0.870. The maximum absolute atomic E-state index is 12.8. The van der Waals surface area contributed by atoms with Gasteiger partial charge in [-0.25, -0.2) is 8.78 Å². The molecule has 2 nitrogen and oxygen atoms in total. The van der Waals surface area contributed by atoms with Gasteiger partial charge in [-0.1, -0.05) is 11.6 Å². The largest absolute Gasteiger partial charge is 0.490 e. The molecule has 0 aromatic heterocycles. The summed E-state index contributed by atoms with van der Waals surface area (Å²) in [5.74, 6) is -1.59. The fourth-order valence-corrected chi connectivity index (χ4v) is 0.970. The van der Waals surface area contributed by atoms with Crippen molar-refractivity contribution >= 4 is 11.6 Å². The molecular weight excluding hydrogens is 200 g/mol. The van der Waals surface area contributed by atoms with E-state index in [0.29, 0.717) is 6.07 Å². The van der Waals surface area contributed by atoms with Crippen LogP contribution in [0.3, 0.4) is 0 Å². The Labute approximate surface area is 79.2 Å². The Morgan fingerprint density at radius 1 is 1.38 bits per heavy atom. The molecule has 0 aliphatic rings. The monoisotopic (exact) mass is 207 g/mol. The standard InChI is InChI=1S/C8H8ClF2NO/c9-8-6(11)3-5(10)4-7(8)13-2-1-12/h3-4H,1-2,12H2. The quantitative estimate of drug-likeness (QED) is 0.769. The lowest BCUT2D eigenvalue weighted by atomic mass is 10.3. The molecular formula is C8H8ClF2NO. The summed E-state index contributed by atoms with van der Waals surface area (Å²) < 4.78 is 30.3. The van der Waals surface area contributed by atoms with E-state index in [1.807, 2.05) is 0 Å². The molecule has 0 aliphatic heterocycles. The summed E-state index contributed by atoms with van der Waals surface area (Å²) in [6.45, 7) is 0.428. The lowest BCUT2D eigenvalue weighted by Crippen LogP contribution is -2.11. The van der Waals surface area contributed by atoms with Gasteiger partial charge in [0.15, 0.2) is 0 Å². The summed E-state index contributed by atoms with van der Waals surface area (Å²) in [6.07, 6.45) is 0. The van der Waals surface area contributed by atoms with Crippen molar-refractivity contribution < 1.29 is 13.5 Å². The molecule has 0 spiro atoms. The first-order chi connectivity index (χ1) is 6.15. The number of benzene rings is 1. The molecule has 0 bridgehead atoms. The molecule has 0 atom stereocenters. The summed E-state index contributed by atoms with van der Waals surface area (Å²) in [6, 6.07) is 1.71. The third-order valence-corrected chi connectivity index (χ3v) is 1.70. The van der Waals surface area contributed by atoms with Crippen LogP contribution in [-0.4, -0.2) is 13.2 Å². The molecule has 1 aromatic rings. The molecule has 0 radical (unpaired) electrons. The number of halogens is 3. The molecule has 0 saturated carbocycles. The zero-order valence-electron chi connectivity index (χ0n) is 6.69. The normalized spacial score (nSPS) is 10.2. The van der Waals surface area contributed by atoms with Crippen LogP contribution in [0.2, 0.25) is 5.02 Å². The third-order valence-electron chi connectivity index (χ3n) is 1.34. The van der Waals surface area contributed by atoms with Gasteiger partial charge in [0, 0.05) is 18.7 Å². The molecule has 1 rings (SSSR count). The van der Waals surface area contributed by atoms with Crippen molar-refractivity contribution in [3.05, 3.63) is 28.8 Å². The van der Waals surface area contributed by atoms with Crippen LogP contribution in [0.4, 0.5) is 8.78 Å². The van der Waals surface area contributed by atoms with Crippen LogP contribution in [-0.2, 0) is 0 Å². The van der Waals surface area contributed by atoms with Crippen LogP contribution < -0.4 is 10.5 Å². The van der Waals surface area contributed by atoms with Gasteiger partial charge in [-0.05, 0) is 0 Å². The molecule has 2 N–H and O–H groups in total. The summed E-state index contributed by atoms with van der Waals surface area (Å²) in [5, 5.41) is -0.227. The zero-order valence-corrected chi connectivity index (χ0v) is 7.44. The predicted octanol–water partition coefficient (Wildman–Crippen LogP) is 1.96. The van der Waals surface area contributed by atoms with Crippen LogP contribution in [0, 0.1) is 11.6 Å². The number of hydrogen-bond donors (Lipinski definition) is 1. The van der Waals surface area contributed by atoms with Crippen molar-refractivity contribution in [1.29, 1.82) is 0 Å². The minimum Gasteiger partial charge on any atom is -0.490 e. The maximum atomic E-state index is 12.8. The first-order valence-corrected chi connectivity index (χ1v) is 4.00. The molecule has 0 amide bonds. The van der Waals surface area contributed by atoms with Crippen molar-refractivity contribution in [3.63, 3.8) is 0 Å². The van der Waals surface area contributed by atoms with Crippen molar-refractivity contribution in [2.45, 2.75) is 0 Å². The number of ether oxygens (including phenoxy) is 1. The van der Waals surface area contributed by atoms with E-state index < -0.39 is 11.6 Å². The summed E-state index contributed by atoms with van der Waals surface area (Å²) in [7, 11) is 0. The minimum atomic E-state index is -0.839. The van der Waals surface area contributed by atoms with E-state index in [2.05, 4.69) is 0 Å². The summed E-state index contributed by atoms with van der Waals surface area (Å²) in [5.41, 5.74) is 5.15. The molecule has 0 fully saturated rings. The molecule has 72 valence electrons. The Kier molecular flexibility index (Phi) is 3.45. The maximum Gasteiger partial charge on any atom is 0.148 e. The minimum absolute atomic E-state index is 0.0235. The molecule has 0 unspecified atom stereocenters. The van der Waals surface area contributed by atoms with Gasteiger partial charge in [-0.2, -0.15) is 0 Å². The number of nitrogens with two attached hydrogens (primary N) is 1. The third kappa shape index (κ3) is 2.54. The van der Waals surface area contributed by atoms with E-state index in [1.54, 1.807) is 0 Å². The second-order valence-electron chi connectivity index (χ2n) is 2.34. The molecule has 0 saturated heterocycles. The van der Waals surface area contributed by atoms with Gasteiger partial charge in [0.05, 0.1) is 0 Å². The van der Waals surface area contributed by atoms with Gasteiger partial charge in [0.1, 0.15) is 29.0 Å². The Morgan fingerprint density at radius 2 is 2.08 bits per heavy atom. The molecule has 0 heterocycles. The van der Waals surface area contributed by atoms with Gasteiger partial charge in [0.25, 0.3) is 0 Å². The molecule has 0 aliphatic carbocycles. The number of rotatable bonds is 3. The highest BCUT2D eigenvalue weighted by molar-refractivity contribution is 6.32. The first kappa shape index (κ1) is 10.2. The molecule has 1 aromatic carbocycles. The fourth-order valence-electron chi connectivity index (χ4n) is 0.806. The van der Waals surface area contributed by atoms with E-state index in [0.717, 1.165) is 6.07 Å². The smallest absolute Gasteiger partial charge is 0.148 e. The highest BCUT2D eigenvalue weighted by Crippen LogP contribution is 2.28. The van der Waals surface area contributed by atoms with Gasteiger partial charge >= 0.3 is 0 Å². The second kappa shape index (κ2) is 4.39. The SMILES string of the molecule is NCCOc1cc(F)cc(F)c1Cl. The van der Waals surface area contributed by atoms with Gasteiger partial charge in [-0.3, -0.25) is 0 Å². The van der Waals surface area contributed by atoms with Crippen LogP contribution in [0.15, 0.2) is 12.1 Å². The fraction of sp³-hybridized carbons (Fsp3) is 0.250. The van der Waals surface area contributed by atoms with E-state index in [9.17, 15) is 8.78 Å². The highest BCUT2D eigenvalue weighted by atomic mass is 35.5. The first-order valence-electron chi connectivity index (χ1n) is 3.62. The topological polar surface area (TPSA) is 35.2 Å². The van der Waals surface area contributed by atoms with Gasteiger partial charge < -0.3 is 10.5 Å². The van der Waals surface area contributed by atoms with Crippen LogP contribution in [0.25, 0.3) is 0 Å². The Bertz CT molecular complexity index is 306. The zero-order chi connectivity index (χ0) is 9.84. The van der Waals surface area contributed by atoms with Crippen LogP contribution in [0.5, 0.6) is 5.75 Å². The van der Waals surface area contributed by atoms with Gasteiger partial charge in [-0.15, -0.1) is 0 Å². The predicted molar refractivity (Wildman–Crippen MR) is 45.9 cm³/mol. The van der Waals surface area contributed by atoms with E-state index in [4.69, 9.17) is 22.1 Å². The lowest BCUT2D eigenvalue weighted by Gasteiger charge is -2.06. The molecule has 13 heavy (non-hydrogen) atoms. The van der Waals surface area contributed by atoms with Crippen LogP contribution >= 0.6 is 11.6 Å². The van der Waals surface area contributed by atoms with Crippen molar-refractivity contribution in [2.24, 2.45) is 5.73 Å². The van der Waals surface area contributed by atoms with E-state index >= 15 is 0 Å². The number of hydrogen-bond acceptors (Lipinski definition) is 2. The average molecular weight is 208 g/mol. The van der Waals surface area contributed by atoms with E-state index in [1.165, 1.54) is 0 Å². The molecule has 5 heteroatoms. The van der Waals surface area contributed by atoms with Crippen molar-refractivity contribution in [2.75, 3.05) is 13.2 Å². The van der Waals surface area contributed by atoms with Gasteiger partial charge in [0.2, 0.25) is 0 Å². The highest BCUT2D eigenvalue weighted by Gasteiger charge is 2.09.